The van der Waals surface area contributed by atoms with Crippen LogP contribution in [0.3, 0.4) is 0 Å². The summed E-state index contributed by atoms with van der Waals surface area (Å²) in [7, 11) is -3.42. The van der Waals surface area contributed by atoms with Crippen molar-refractivity contribution < 1.29 is 22.8 Å². The molecule has 3 amide bonds. The maximum Gasteiger partial charge on any atom is 0.303 e. The highest BCUT2D eigenvalue weighted by Crippen LogP contribution is 2.32. The van der Waals surface area contributed by atoms with E-state index in [0.717, 1.165) is 46.4 Å². The smallest absolute Gasteiger partial charge is 0.303 e. The summed E-state index contributed by atoms with van der Waals surface area (Å²) in [4.78, 5) is 42.2. The number of likely N-dealkylation sites (tertiary alicyclic amines) is 1. The van der Waals surface area contributed by atoms with Gasteiger partial charge in [0.2, 0.25) is 18.2 Å². The lowest BCUT2D eigenvalue weighted by Crippen LogP contribution is -2.54. The predicted molar refractivity (Wildman–Crippen MR) is 179 cm³/mol. The van der Waals surface area contributed by atoms with Crippen molar-refractivity contribution >= 4 is 56.2 Å². The number of amides is 3. The van der Waals surface area contributed by atoms with Crippen LogP contribution in [0.25, 0.3) is 11.3 Å². The van der Waals surface area contributed by atoms with Gasteiger partial charge in [0.25, 0.3) is 0 Å². The Morgan fingerprint density at radius 1 is 1.09 bits per heavy atom. The summed E-state index contributed by atoms with van der Waals surface area (Å²) in [6.45, 7) is 13.8. The highest BCUT2D eigenvalue weighted by atomic mass is 32.2. The van der Waals surface area contributed by atoms with E-state index in [4.69, 9.17) is 0 Å². The summed E-state index contributed by atoms with van der Waals surface area (Å²) < 4.78 is 24.0. The minimum Gasteiger partial charge on any atom is -0.352 e. The van der Waals surface area contributed by atoms with Gasteiger partial charge in [0.1, 0.15) is 12.1 Å². The molecule has 14 heteroatoms. The van der Waals surface area contributed by atoms with Gasteiger partial charge < -0.3 is 15.5 Å². The first-order valence-corrected chi connectivity index (χ1v) is 17.0. The molecule has 3 aliphatic rings. The first kappa shape index (κ1) is 38.3. The van der Waals surface area contributed by atoms with Crippen molar-refractivity contribution in [3.8, 4) is 37.0 Å². The van der Waals surface area contributed by atoms with Crippen LogP contribution in [-0.2, 0) is 24.6 Å². The second kappa shape index (κ2) is 18.2. The number of anilines is 1. The lowest BCUT2D eigenvalue weighted by Gasteiger charge is -2.35. The Morgan fingerprint density at radius 2 is 1.73 bits per heavy atom. The van der Waals surface area contributed by atoms with Crippen molar-refractivity contribution in [1.29, 1.82) is 0 Å². The fourth-order valence-electron chi connectivity index (χ4n) is 4.07. The number of aromatic nitrogens is 1. The highest BCUT2D eigenvalue weighted by molar-refractivity contribution is 7.87. The minimum absolute atomic E-state index is 0.00000169. The number of hydrogen-bond acceptors (Lipinski definition) is 9. The van der Waals surface area contributed by atoms with Crippen LogP contribution in [0.2, 0.25) is 0 Å². The molecule has 0 spiro atoms. The van der Waals surface area contributed by atoms with Gasteiger partial charge in [-0.2, -0.15) is 24.1 Å². The molecule has 240 valence electrons. The van der Waals surface area contributed by atoms with E-state index in [9.17, 15) is 22.8 Å². The zero-order valence-corrected chi connectivity index (χ0v) is 27.8. The Bertz CT molecular complexity index is 1330. The van der Waals surface area contributed by atoms with Gasteiger partial charge in [-0.25, -0.2) is 9.71 Å². The van der Waals surface area contributed by atoms with Gasteiger partial charge in [-0.15, -0.1) is 50.2 Å². The van der Waals surface area contributed by atoms with Crippen LogP contribution in [0.4, 0.5) is 5.13 Å². The molecule has 2 aromatic heterocycles. The predicted octanol–water partition coefficient (Wildman–Crippen LogP) is 3.56. The zero-order valence-electron chi connectivity index (χ0n) is 25.4. The summed E-state index contributed by atoms with van der Waals surface area (Å²) in [6, 6.07) is 1.55. The van der Waals surface area contributed by atoms with E-state index in [1.807, 2.05) is 37.6 Å². The largest absolute Gasteiger partial charge is 0.352 e. The lowest BCUT2D eigenvalue weighted by molar-refractivity contribution is -0.140. The Balaban J connectivity index is 0.000000542. The standard InChI is InChI=1S/C21H28N4O2S2.C3H6N2O3S.C2H4.2C2H2/c1-21(2,3)17(24-20-23-15(12-29-20)13-8-10-28-11-13)19(27)25-9-4-5-16(25)18(26)22-14-6-7-14;6-3-4-9(7,8)5-1-2-5;3*1-2/h8,10-12,14,16-17H,4-7,9H2,1-3H3,(H,22,26)(H,23,24);3H,1-2H2,(H,4,6);1-2H2;2*1-2H/t16-,17+;;;;/m0..../s1. The van der Waals surface area contributed by atoms with Crippen molar-refractivity contribution in [1.82, 2.24) is 24.2 Å². The maximum absolute atomic E-state index is 13.5. The van der Waals surface area contributed by atoms with Gasteiger partial charge in [0.15, 0.2) is 5.13 Å². The molecule has 4 heterocycles. The fourth-order valence-corrected chi connectivity index (χ4v) is 6.30. The number of thiazole rings is 1. The molecule has 0 bridgehead atoms. The van der Waals surface area contributed by atoms with E-state index in [2.05, 4.69) is 59.8 Å². The van der Waals surface area contributed by atoms with Crippen molar-refractivity contribution in [2.24, 2.45) is 5.41 Å². The topological polar surface area (TPSA) is 141 Å². The third-order valence-corrected chi connectivity index (χ3v) is 9.30. The Labute approximate surface area is 269 Å². The van der Waals surface area contributed by atoms with Crippen LogP contribution >= 0.6 is 22.7 Å². The average Bonchev–Trinajstić information content (AvgIpc) is 3.84. The quantitative estimate of drug-likeness (QED) is 0.161. The number of hydrogen-bond donors (Lipinski definition) is 3. The third-order valence-electron chi connectivity index (χ3n) is 6.41. The van der Waals surface area contributed by atoms with Crippen LogP contribution in [0.15, 0.2) is 35.4 Å². The molecular formula is C30H42N6O5S3. The second-order valence-electron chi connectivity index (χ2n) is 10.6. The first-order chi connectivity index (χ1) is 21.0. The molecule has 2 aliphatic heterocycles. The first-order valence-electron chi connectivity index (χ1n) is 13.7. The van der Waals surface area contributed by atoms with Crippen molar-refractivity contribution in [3.05, 3.63) is 35.4 Å². The second-order valence-corrected chi connectivity index (χ2v) is 13.9. The molecule has 44 heavy (non-hydrogen) atoms. The Morgan fingerprint density at radius 3 is 2.23 bits per heavy atom. The molecule has 0 unspecified atom stereocenters. The Hall–Kier alpha value is -3.69. The van der Waals surface area contributed by atoms with E-state index in [-0.39, 0.29) is 29.7 Å². The minimum atomic E-state index is -3.42. The maximum atomic E-state index is 13.5. The van der Waals surface area contributed by atoms with Crippen molar-refractivity contribution in [2.75, 3.05) is 25.0 Å². The number of nitrogens with zero attached hydrogens (tertiary/aromatic N) is 3. The third kappa shape index (κ3) is 11.4. The molecule has 2 atom stereocenters. The van der Waals surface area contributed by atoms with Crippen LogP contribution in [0, 0.1) is 31.1 Å². The van der Waals surface area contributed by atoms with E-state index in [0.29, 0.717) is 25.7 Å². The van der Waals surface area contributed by atoms with Crippen LogP contribution in [0.5, 0.6) is 0 Å². The summed E-state index contributed by atoms with van der Waals surface area (Å²) in [5.41, 5.74) is 1.70. The van der Waals surface area contributed by atoms with Gasteiger partial charge in [0, 0.05) is 42.0 Å². The number of rotatable bonds is 9. The van der Waals surface area contributed by atoms with Crippen LogP contribution < -0.4 is 15.4 Å². The molecule has 2 aromatic rings. The molecule has 1 saturated carbocycles. The van der Waals surface area contributed by atoms with Gasteiger partial charge in [-0.1, -0.05) is 20.8 Å². The van der Waals surface area contributed by atoms with E-state index in [1.54, 1.807) is 21.0 Å². The van der Waals surface area contributed by atoms with E-state index in [1.165, 1.54) is 11.3 Å². The fraction of sp³-hybridized carbons (Fsp3) is 0.467. The molecule has 5 rings (SSSR count). The summed E-state index contributed by atoms with van der Waals surface area (Å²) in [5, 5.41) is 13.3. The molecule has 1 aliphatic carbocycles. The van der Waals surface area contributed by atoms with Crippen molar-refractivity contribution in [3.63, 3.8) is 0 Å². The molecule has 2 saturated heterocycles. The summed E-state index contributed by atoms with van der Waals surface area (Å²) in [5.74, 6) is -0.0155. The zero-order chi connectivity index (χ0) is 33.5. The highest BCUT2D eigenvalue weighted by Gasteiger charge is 2.42. The summed E-state index contributed by atoms with van der Waals surface area (Å²) in [6.07, 6.45) is 19.9. The normalized spacial score (nSPS) is 17.6. The SMILES string of the molecule is C#C.C#C.C=C.CC(C)(C)[C@H](Nc1nc(-c2ccsc2)cs1)C(=O)N1CCC[C@H]1C(=O)NC1CC1.O=CNS(=O)(=O)N1CC1. The number of nitrogens with one attached hydrogen (secondary N) is 3. The Kier molecular flexibility index (Phi) is 15.9. The van der Waals surface area contributed by atoms with Crippen LogP contribution in [-0.4, -0.2) is 78.6 Å². The van der Waals surface area contributed by atoms with Gasteiger partial charge >= 0.3 is 10.2 Å². The van der Waals surface area contributed by atoms with E-state index >= 15 is 0 Å². The van der Waals surface area contributed by atoms with Gasteiger partial charge in [0.05, 0.1) is 5.69 Å². The number of thiophene rings is 1. The van der Waals surface area contributed by atoms with Gasteiger partial charge in [-0.05, 0) is 42.5 Å². The average molecular weight is 663 g/mol. The molecule has 0 radical (unpaired) electrons. The molecule has 3 N–H and O–H groups in total. The number of carbonyl (C=O) groups is 3. The molecule has 3 fully saturated rings. The molecule has 0 aromatic carbocycles. The summed E-state index contributed by atoms with van der Waals surface area (Å²) >= 11 is 3.15. The van der Waals surface area contributed by atoms with Gasteiger partial charge in [-0.3, -0.25) is 14.4 Å². The van der Waals surface area contributed by atoms with Crippen LogP contribution in [0.1, 0.15) is 46.5 Å². The molecule has 11 nitrogen and oxygen atoms in total. The van der Waals surface area contributed by atoms with E-state index < -0.39 is 16.3 Å². The lowest BCUT2D eigenvalue weighted by atomic mass is 9.85. The number of carbonyl (C=O) groups excluding carboxylic acids is 3. The molecular weight excluding hydrogens is 621 g/mol. The number of terminal acetylenes is 2. The van der Waals surface area contributed by atoms with Crippen molar-refractivity contribution in [2.45, 2.75) is 64.6 Å². The monoisotopic (exact) mass is 662 g/mol.